The SMILES string of the molecule is CN1C(=O)[C@H]2c3c1cccc3[C@]1(O)C=CC[C@@H]([C@@H]1O)C2(C)C. The number of hydrogen-bond acceptors (Lipinski definition) is 3. The van der Waals surface area contributed by atoms with E-state index in [0.29, 0.717) is 12.0 Å². The summed E-state index contributed by atoms with van der Waals surface area (Å²) in [7, 11) is 1.79. The first-order valence-electron chi connectivity index (χ1n) is 7.79. The highest BCUT2D eigenvalue weighted by molar-refractivity contribution is 6.06. The molecule has 0 unspecified atom stereocenters. The third-order valence-corrected chi connectivity index (χ3v) is 6.04. The zero-order chi connectivity index (χ0) is 15.9. The molecule has 1 amide bonds. The first-order valence-corrected chi connectivity index (χ1v) is 7.79. The molecule has 4 rings (SSSR count). The smallest absolute Gasteiger partial charge is 0.234 e. The van der Waals surface area contributed by atoms with Crippen LogP contribution >= 0.6 is 0 Å². The zero-order valence-electron chi connectivity index (χ0n) is 13.1. The van der Waals surface area contributed by atoms with Crippen LogP contribution in [0.1, 0.15) is 37.3 Å². The lowest BCUT2D eigenvalue weighted by Crippen LogP contribution is -2.49. The van der Waals surface area contributed by atoms with E-state index in [2.05, 4.69) is 0 Å². The minimum Gasteiger partial charge on any atom is -0.389 e. The topological polar surface area (TPSA) is 60.8 Å². The number of rotatable bonds is 0. The van der Waals surface area contributed by atoms with E-state index >= 15 is 0 Å². The molecule has 0 saturated heterocycles. The molecule has 1 aromatic rings. The van der Waals surface area contributed by atoms with Crippen LogP contribution < -0.4 is 4.90 Å². The molecule has 0 aromatic heterocycles. The molecular weight excluding hydrogens is 278 g/mol. The highest BCUT2D eigenvalue weighted by Crippen LogP contribution is 2.59. The maximum absolute atomic E-state index is 12.9. The van der Waals surface area contributed by atoms with Gasteiger partial charge < -0.3 is 15.1 Å². The van der Waals surface area contributed by atoms with E-state index in [1.54, 1.807) is 18.0 Å². The number of anilines is 1. The minimum atomic E-state index is -1.41. The molecule has 116 valence electrons. The van der Waals surface area contributed by atoms with Crippen molar-refractivity contribution in [2.75, 3.05) is 11.9 Å². The van der Waals surface area contributed by atoms with Crippen molar-refractivity contribution in [3.63, 3.8) is 0 Å². The van der Waals surface area contributed by atoms with Crippen LogP contribution in [-0.4, -0.2) is 29.3 Å². The van der Waals surface area contributed by atoms with Crippen molar-refractivity contribution in [1.82, 2.24) is 0 Å². The number of aliphatic hydroxyl groups excluding tert-OH is 1. The number of likely N-dealkylation sites (N-methyl/N-ethyl adjacent to an activating group) is 1. The van der Waals surface area contributed by atoms with Gasteiger partial charge in [-0.05, 0) is 41.0 Å². The second kappa shape index (κ2) is 4.00. The van der Waals surface area contributed by atoms with Gasteiger partial charge >= 0.3 is 0 Å². The van der Waals surface area contributed by atoms with Crippen molar-refractivity contribution in [2.24, 2.45) is 11.3 Å². The largest absolute Gasteiger partial charge is 0.389 e. The van der Waals surface area contributed by atoms with Crippen molar-refractivity contribution < 1.29 is 15.0 Å². The first kappa shape index (κ1) is 14.0. The van der Waals surface area contributed by atoms with Crippen molar-refractivity contribution >= 4 is 11.6 Å². The molecule has 4 heteroatoms. The standard InChI is InChI=1S/C18H21NO3/c1-17(2)11-7-5-9-18(22,15(11)20)10-6-4-8-12-13(10)14(17)16(21)19(12)3/h4-6,8-9,11,14-15,20,22H,7H2,1-3H3/t11-,14+,15-,18+/m0/s1. The predicted octanol–water partition coefficient (Wildman–Crippen LogP) is 1.91. The highest BCUT2D eigenvalue weighted by Gasteiger charge is 2.59. The lowest BCUT2D eigenvalue weighted by atomic mass is 9.63. The molecule has 22 heavy (non-hydrogen) atoms. The van der Waals surface area contributed by atoms with E-state index < -0.39 is 17.1 Å². The van der Waals surface area contributed by atoms with Crippen LogP contribution in [0.15, 0.2) is 30.4 Å². The molecule has 1 aromatic carbocycles. The average molecular weight is 299 g/mol. The van der Waals surface area contributed by atoms with E-state index in [1.807, 2.05) is 38.1 Å². The number of benzene rings is 1. The van der Waals surface area contributed by atoms with E-state index in [4.69, 9.17) is 0 Å². The molecule has 4 atom stereocenters. The summed E-state index contributed by atoms with van der Waals surface area (Å²) in [6, 6.07) is 5.61. The van der Waals surface area contributed by atoms with Gasteiger partial charge in [0.05, 0.1) is 12.0 Å². The third kappa shape index (κ3) is 1.38. The lowest BCUT2D eigenvalue weighted by molar-refractivity contribution is -0.127. The Kier molecular flexibility index (Phi) is 2.54. The zero-order valence-corrected chi connectivity index (χ0v) is 13.1. The normalized spacial score (nSPS) is 38.0. The van der Waals surface area contributed by atoms with Crippen LogP contribution in [0.2, 0.25) is 0 Å². The Labute approximate surface area is 130 Å². The lowest BCUT2D eigenvalue weighted by Gasteiger charge is -2.44. The van der Waals surface area contributed by atoms with Gasteiger partial charge in [0.2, 0.25) is 5.91 Å². The molecule has 2 N–H and O–H groups in total. The van der Waals surface area contributed by atoms with Crippen LogP contribution in [-0.2, 0) is 10.4 Å². The van der Waals surface area contributed by atoms with Crippen LogP contribution in [0, 0.1) is 11.3 Å². The molecule has 0 radical (unpaired) electrons. The number of aliphatic hydroxyl groups is 2. The van der Waals surface area contributed by atoms with Crippen LogP contribution in [0.4, 0.5) is 5.69 Å². The van der Waals surface area contributed by atoms with E-state index in [-0.39, 0.29) is 17.7 Å². The summed E-state index contributed by atoms with van der Waals surface area (Å²) in [5, 5.41) is 22.1. The highest BCUT2D eigenvalue weighted by atomic mass is 16.3. The average Bonchev–Trinajstić information content (AvgIpc) is 2.73. The summed E-state index contributed by atoms with van der Waals surface area (Å²) in [5.41, 5.74) is 0.567. The summed E-state index contributed by atoms with van der Waals surface area (Å²) in [4.78, 5) is 14.6. The van der Waals surface area contributed by atoms with Crippen LogP contribution in [0.3, 0.4) is 0 Å². The van der Waals surface area contributed by atoms with Crippen molar-refractivity contribution in [3.05, 3.63) is 41.5 Å². The van der Waals surface area contributed by atoms with Gasteiger partial charge in [-0.1, -0.05) is 32.1 Å². The molecule has 0 saturated carbocycles. The second-order valence-corrected chi connectivity index (χ2v) is 7.40. The fourth-order valence-corrected chi connectivity index (χ4v) is 4.73. The Bertz CT molecular complexity index is 708. The number of carbonyl (C=O) groups is 1. The fraction of sp³-hybridized carbons (Fsp3) is 0.500. The summed E-state index contributed by atoms with van der Waals surface area (Å²) < 4.78 is 0. The summed E-state index contributed by atoms with van der Waals surface area (Å²) in [6.45, 7) is 4.07. The van der Waals surface area contributed by atoms with Gasteiger partial charge in [0.15, 0.2) is 0 Å². The Hall–Kier alpha value is -1.65. The summed E-state index contributed by atoms with van der Waals surface area (Å²) in [5.74, 6) is -0.434. The monoisotopic (exact) mass is 299 g/mol. The van der Waals surface area contributed by atoms with Gasteiger partial charge in [0.1, 0.15) is 5.60 Å². The molecule has 1 heterocycles. The maximum Gasteiger partial charge on any atom is 0.234 e. The van der Waals surface area contributed by atoms with Gasteiger partial charge in [-0.3, -0.25) is 4.79 Å². The van der Waals surface area contributed by atoms with Gasteiger partial charge in [0, 0.05) is 12.7 Å². The quantitative estimate of drug-likeness (QED) is 0.719. The first-order chi connectivity index (χ1) is 10.3. The molecule has 2 bridgehead atoms. The molecule has 0 fully saturated rings. The minimum absolute atomic E-state index is 0.0517. The number of fused-ring (bicyclic) bond motifs is 3. The molecular formula is C18H21NO3. The second-order valence-electron chi connectivity index (χ2n) is 7.40. The molecule has 2 aliphatic carbocycles. The van der Waals surface area contributed by atoms with Crippen molar-refractivity contribution in [2.45, 2.75) is 37.9 Å². The Morgan fingerprint density at radius 2 is 2.05 bits per heavy atom. The maximum atomic E-state index is 12.9. The van der Waals surface area contributed by atoms with E-state index in [1.165, 1.54) is 0 Å². The predicted molar refractivity (Wildman–Crippen MR) is 83.5 cm³/mol. The molecule has 3 aliphatic rings. The Balaban J connectivity index is 2.12. The van der Waals surface area contributed by atoms with Crippen LogP contribution in [0.5, 0.6) is 0 Å². The molecule has 0 spiro atoms. The van der Waals surface area contributed by atoms with Gasteiger partial charge in [-0.15, -0.1) is 0 Å². The number of allylic oxidation sites excluding steroid dienone is 1. The van der Waals surface area contributed by atoms with E-state index in [0.717, 1.165) is 11.3 Å². The van der Waals surface area contributed by atoms with Crippen molar-refractivity contribution in [1.29, 1.82) is 0 Å². The van der Waals surface area contributed by atoms with Gasteiger partial charge in [0.25, 0.3) is 0 Å². The molecule has 1 aliphatic heterocycles. The molecule has 4 nitrogen and oxygen atoms in total. The number of nitrogens with zero attached hydrogens (tertiary/aromatic N) is 1. The van der Waals surface area contributed by atoms with Gasteiger partial charge in [-0.25, -0.2) is 0 Å². The summed E-state index contributed by atoms with van der Waals surface area (Å²) >= 11 is 0. The Morgan fingerprint density at radius 1 is 1.32 bits per heavy atom. The fourth-order valence-electron chi connectivity index (χ4n) is 4.73. The van der Waals surface area contributed by atoms with Crippen LogP contribution in [0.25, 0.3) is 0 Å². The number of carbonyl (C=O) groups excluding carboxylic acids is 1. The number of hydrogen-bond donors (Lipinski definition) is 2. The Morgan fingerprint density at radius 3 is 2.77 bits per heavy atom. The third-order valence-electron chi connectivity index (χ3n) is 6.04. The van der Waals surface area contributed by atoms with Gasteiger partial charge in [-0.2, -0.15) is 0 Å². The van der Waals surface area contributed by atoms with E-state index in [9.17, 15) is 15.0 Å². The van der Waals surface area contributed by atoms with Crippen molar-refractivity contribution in [3.8, 4) is 0 Å². The number of amides is 1. The summed E-state index contributed by atoms with van der Waals surface area (Å²) in [6.07, 6.45) is 3.41.